The highest BCUT2D eigenvalue weighted by molar-refractivity contribution is 5.94. The molecule has 0 spiro atoms. The number of carbonyl (C=O) groups excluding carboxylic acids is 1. The summed E-state index contributed by atoms with van der Waals surface area (Å²) in [7, 11) is 1.41. The number of hydrogen-bond acceptors (Lipinski definition) is 5. The minimum Gasteiger partial charge on any atom is -0.494 e. The van der Waals surface area contributed by atoms with Gasteiger partial charge in [-0.1, -0.05) is 12.6 Å². The number of benzene rings is 2. The number of halogens is 1. The molecule has 1 fully saturated rings. The van der Waals surface area contributed by atoms with E-state index < -0.39 is 5.82 Å². The molecule has 7 nitrogen and oxygen atoms in total. The molecule has 0 aliphatic carbocycles. The summed E-state index contributed by atoms with van der Waals surface area (Å²) in [4.78, 5) is 18.3. The maximum Gasteiger partial charge on any atom is 0.246 e. The highest BCUT2D eigenvalue weighted by Crippen LogP contribution is 2.35. The summed E-state index contributed by atoms with van der Waals surface area (Å²) in [5.41, 5.74) is 3.70. The molecule has 4 aromatic rings. The number of methoxy groups -OCH3 is 1. The average molecular weight is 473 g/mol. The quantitative estimate of drug-likeness (QED) is 0.356. The number of likely N-dealkylation sites (tertiary alicyclic amines) is 1. The van der Waals surface area contributed by atoms with Crippen LogP contribution >= 0.6 is 0 Å². The van der Waals surface area contributed by atoms with Crippen molar-refractivity contribution in [1.29, 1.82) is 0 Å². The molecule has 1 aliphatic heterocycles. The first-order chi connectivity index (χ1) is 17.0. The van der Waals surface area contributed by atoms with Gasteiger partial charge in [-0.2, -0.15) is 9.49 Å². The number of nitrogens with zero attached hydrogens (tertiary/aromatic N) is 4. The molecule has 0 N–H and O–H groups in total. The monoisotopic (exact) mass is 472 g/mol. The minimum absolute atomic E-state index is 0.0642. The van der Waals surface area contributed by atoms with Gasteiger partial charge in [0.15, 0.2) is 11.5 Å². The largest absolute Gasteiger partial charge is 0.494 e. The SMILES string of the molecule is C=CC(=O)N1CC[C@@H](n2nc(-c3ccc(Oc4cccc(OC)c4F)cc3)c3cncc(C)c32)C1. The Kier molecular flexibility index (Phi) is 5.94. The Bertz CT molecular complexity index is 1410. The van der Waals surface area contributed by atoms with Crippen molar-refractivity contribution in [1.82, 2.24) is 19.7 Å². The number of aromatic nitrogens is 3. The van der Waals surface area contributed by atoms with Crippen molar-refractivity contribution in [3.63, 3.8) is 0 Å². The number of hydrogen-bond donors (Lipinski definition) is 0. The number of pyridine rings is 1. The zero-order valence-corrected chi connectivity index (χ0v) is 19.6. The lowest BCUT2D eigenvalue weighted by Crippen LogP contribution is -2.27. The number of fused-ring (bicyclic) bond motifs is 1. The van der Waals surface area contributed by atoms with Crippen LogP contribution in [0, 0.1) is 12.7 Å². The van der Waals surface area contributed by atoms with E-state index in [0.717, 1.165) is 34.1 Å². The van der Waals surface area contributed by atoms with E-state index in [1.54, 1.807) is 35.2 Å². The second-order valence-corrected chi connectivity index (χ2v) is 8.48. The summed E-state index contributed by atoms with van der Waals surface area (Å²) in [5.74, 6) is 0.0932. The molecule has 3 heterocycles. The van der Waals surface area contributed by atoms with Gasteiger partial charge in [-0.3, -0.25) is 14.5 Å². The zero-order valence-electron chi connectivity index (χ0n) is 19.6. The smallest absolute Gasteiger partial charge is 0.246 e. The molecule has 1 atom stereocenters. The van der Waals surface area contributed by atoms with Gasteiger partial charge in [0.1, 0.15) is 11.4 Å². The summed E-state index contributed by atoms with van der Waals surface area (Å²) in [6, 6.07) is 12.2. The van der Waals surface area contributed by atoms with Crippen LogP contribution in [0.3, 0.4) is 0 Å². The van der Waals surface area contributed by atoms with Gasteiger partial charge < -0.3 is 14.4 Å². The number of amides is 1. The molecule has 1 amide bonds. The third-order valence-electron chi connectivity index (χ3n) is 6.29. The Labute approximate surface area is 202 Å². The van der Waals surface area contributed by atoms with E-state index in [1.807, 2.05) is 36.1 Å². The van der Waals surface area contributed by atoms with Gasteiger partial charge in [0.2, 0.25) is 11.7 Å². The maximum atomic E-state index is 14.5. The normalized spacial score (nSPS) is 15.4. The molecule has 1 aliphatic rings. The highest BCUT2D eigenvalue weighted by atomic mass is 19.1. The van der Waals surface area contributed by atoms with Crippen LogP contribution in [0.4, 0.5) is 4.39 Å². The zero-order chi connectivity index (χ0) is 24.5. The van der Waals surface area contributed by atoms with Crippen LogP contribution in [0.1, 0.15) is 18.0 Å². The van der Waals surface area contributed by atoms with E-state index in [0.29, 0.717) is 18.8 Å². The third kappa shape index (κ3) is 4.12. The summed E-state index contributed by atoms with van der Waals surface area (Å²) in [6.07, 6.45) is 5.81. The van der Waals surface area contributed by atoms with Crippen LogP contribution < -0.4 is 9.47 Å². The van der Waals surface area contributed by atoms with Crippen LogP contribution in [0.15, 0.2) is 67.5 Å². The lowest BCUT2D eigenvalue weighted by molar-refractivity contribution is -0.125. The summed E-state index contributed by atoms with van der Waals surface area (Å²) >= 11 is 0. The average Bonchev–Trinajstić information content (AvgIpc) is 3.51. The fourth-order valence-electron chi connectivity index (χ4n) is 4.53. The highest BCUT2D eigenvalue weighted by Gasteiger charge is 2.29. The van der Waals surface area contributed by atoms with Gasteiger partial charge in [-0.25, -0.2) is 0 Å². The number of ether oxygens (including phenoxy) is 2. The molecule has 178 valence electrons. The lowest BCUT2D eigenvalue weighted by atomic mass is 10.1. The predicted molar refractivity (Wildman–Crippen MR) is 131 cm³/mol. The Morgan fingerprint density at radius 3 is 2.69 bits per heavy atom. The van der Waals surface area contributed by atoms with Gasteiger partial charge in [0, 0.05) is 36.4 Å². The van der Waals surface area contributed by atoms with Gasteiger partial charge in [0.05, 0.1) is 18.7 Å². The standard InChI is InChI=1S/C27H25FN4O3/c1-4-24(33)31-13-12-19(16-31)32-27-17(2)14-29-15-21(27)26(30-32)18-8-10-20(11-9-18)35-23-7-5-6-22(34-3)25(23)28/h4-11,14-15,19H,1,12-13,16H2,2-3H3/t19-/m1/s1. The molecule has 2 aromatic heterocycles. The first kappa shape index (κ1) is 22.6. The van der Waals surface area contributed by atoms with Crippen molar-refractivity contribution < 1.29 is 18.7 Å². The Morgan fingerprint density at radius 1 is 1.17 bits per heavy atom. The van der Waals surface area contributed by atoms with Crippen LogP contribution in [-0.4, -0.2) is 45.8 Å². The molecule has 35 heavy (non-hydrogen) atoms. The minimum atomic E-state index is -0.550. The Morgan fingerprint density at radius 2 is 1.94 bits per heavy atom. The third-order valence-corrected chi connectivity index (χ3v) is 6.29. The number of rotatable bonds is 6. The van der Waals surface area contributed by atoms with Gasteiger partial charge in [0.25, 0.3) is 0 Å². The second-order valence-electron chi connectivity index (χ2n) is 8.48. The fourth-order valence-corrected chi connectivity index (χ4v) is 4.53. The van der Waals surface area contributed by atoms with Gasteiger partial charge in [-0.15, -0.1) is 0 Å². The summed E-state index contributed by atoms with van der Waals surface area (Å²) in [6.45, 7) is 6.87. The summed E-state index contributed by atoms with van der Waals surface area (Å²) in [5, 5.41) is 5.90. The van der Waals surface area contributed by atoms with Crippen molar-refractivity contribution in [2.45, 2.75) is 19.4 Å². The van der Waals surface area contributed by atoms with E-state index >= 15 is 0 Å². The molecule has 1 saturated heterocycles. The van der Waals surface area contributed by atoms with Crippen LogP contribution in [0.2, 0.25) is 0 Å². The van der Waals surface area contributed by atoms with Crippen molar-refractivity contribution in [3.05, 3.63) is 78.9 Å². The van der Waals surface area contributed by atoms with Crippen LogP contribution in [-0.2, 0) is 4.79 Å². The maximum absolute atomic E-state index is 14.5. The second kappa shape index (κ2) is 9.21. The Balaban J connectivity index is 1.47. The van der Waals surface area contributed by atoms with Crippen LogP contribution in [0.25, 0.3) is 22.2 Å². The lowest BCUT2D eigenvalue weighted by Gasteiger charge is -2.15. The fraction of sp³-hybridized carbons (Fsp3) is 0.222. The van der Waals surface area contributed by atoms with Crippen LogP contribution in [0.5, 0.6) is 17.2 Å². The van der Waals surface area contributed by atoms with Crippen molar-refractivity contribution in [2.75, 3.05) is 20.2 Å². The molecule has 8 heteroatoms. The van der Waals surface area contributed by atoms with E-state index in [9.17, 15) is 9.18 Å². The van der Waals surface area contributed by atoms with Crippen molar-refractivity contribution in [2.24, 2.45) is 0 Å². The number of aryl methyl sites for hydroxylation is 1. The van der Waals surface area contributed by atoms with E-state index in [-0.39, 0.29) is 23.4 Å². The Hall–Kier alpha value is -4.20. The number of carbonyl (C=O) groups is 1. The van der Waals surface area contributed by atoms with E-state index in [2.05, 4.69) is 11.6 Å². The molecule has 0 unspecified atom stereocenters. The molecule has 5 rings (SSSR count). The molecule has 2 aromatic carbocycles. The molecule has 0 bridgehead atoms. The molecule has 0 radical (unpaired) electrons. The van der Waals surface area contributed by atoms with Gasteiger partial charge in [-0.05, 0) is 61.4 Å². The molecular weight excluding hydrogens is 447 g/mol. The van der Waals surface area contributed by atoms with Crippen molar-refractivity contribution >= 4 is 16.8 Å². The summed E-state index contributed by atoms with van der Waals surface area (Å²) < 4.78 is 27.3. The molecular formula is C27H25FN4O3. The van der Waals surface area contributed by atoms with E-state index in [4.69, 9.17) is 14.6 Å². The predicted octanol–water partition coefficient (Wildman–Crippen LogP) is 5.31. The first-order valence-corrected chi connectivity index (χ1v) is 11.3. The topological polar surface area (TPSA) is 69.5 Å². The molecule has 0 saturated carbocycles. The van der Waals surface area contributed by atoms with Gasteiger partial charge >= 0.3 is 0 Å². The van der Waals surface area contributed by atoms with Crippen molar-refractivity contribution in [3.8, 4) is 28.5 Å². The van der Waals surface area contributed by atoms with E-state index in [1.165, 1.54) is 13.2 Å². The first-order valence-electron chi connectivity index (χ1n) is 11.3.